The number of hydrogen-bond acceptors (Lipinski definition) is 3. The average molecular weight is 248 g/mol. The Morgan fingerprint density at radius 3 is 2.67 bits per heavy atom. The van der Waals surface area contributed by atoms with Crippen molar-refractivity contribution in [3.05, 3.63) is 29.8 Å². The molecule has 0 amide bonds. The molecule has 1 aliphatic rings. The Hall–Kier alpha value is -1.06. The van der Waals surface area contributed by atoms with E-state index in [4.69, 9.17) is 10.5 Å². The molecule has 2 N–H and O–H groups in total. The van der Waals surface area contributed by atoms with Crippen LogP contribution in [0.5, 0.6) is 0 Å². The maximum Gasteiger partial charge on any atom is 0.0510 e. The smallest absolute Gasteiger partial charge is 0.0510 e. The molecule has 1 aliphatic heterocycles. The van der Waals surface area contributed by atoms with Crippen LogP contribution in [-0.2, 0) is 11.2 Å². The summed E-state index contributed by atoms with van der Waals surface area (Å²) in [7, 11) is 2.11. The van der Waals surface area contributed by atoms with Gasteiger partial charge >= 0.3 is 0 Å². The van der Waals surface area contributed by atoms with Crippen molar-refractivity contribution in [3.8, 4) is 0 Å². The average Bonchev–Trinajstić information content (AvgIpc) is 2.92. The van der Waals surface area contributed by atoms with Gasteiger partial charge in [-0.1, -0.05) is 19.1 Å². The first-order valence-corrected chi connectivity index (χ1v) is 6.84. The van der Waals surface area contributed by atoms with Gasteiger partial charge in [0.25, 0.3) is 0 Å². The number of likely N-dealkylation sites (N-methyl/N-ethyl adjacent to an activating group) is 1. The van der Waals surface area contributed by atoms with Crippen LogP contribution in [-0.4, -0.2) is 32.8 Å². The van der Waals surface area contributed by atoms with E-state index in [0.29, 0.717) is 5.92 Å². The molecule has 1 saturated heterocycles. The van der Waals surface area contributed by atoms with E-state index in [1.807, 2.05) is 0 Å². The lowest BCUT2D eigenvalue weighted by molar-refractivity contribution is 0.181. The minimum Gasteiger partial charge on any atom is -0.381 e. The summed E-state index contributed by atoms with van der Waals surface area (Å²) >= 11 is 0. The summed E-state index contributed by atoms with van der Waals surface area (Å²) in [5.41, 5.74) is 8.86. The summed E-state index contributed by atoms with van der Waals surface area (Å²) in [6.07, 6.45) is 2.19. The van der Waals surface area contributed by atoms with E-state index in [9.17, 15) is 0 Å². The van der Waals surface area contributed by atoms with E-state index in [2.05, 4.69) is 43.1 Å². The highest BCUT2D eigenvalue weighted by Gasteiger charge is 2.23. The van der Waals surface area contributed by atoms with Gasteiger partial charge in [-0.2, -0.15) is 0 Å². The number of nitrogens with two attached hydrogens (primary N) is 1. The van der Waals surface area contributed by atoms with Crippen molar-refractivity contribution in [2.75, 3.05) is 31.7 Å². The van der Waals surface area contributed by atoms with Gasteiger partial charge in [0.2, 0.25) is 0 Å². The second kappa shape index (κ2) is 6.21. The molecule has 0 aromatic heterocycles. The number of benzene rings is 1. The van der Waals surface area contributed by atoms with Crippen LogP contribution in [0.15, 0.2) is 24.3 Å². The van der Waals surface area contributed by atoms with Crippen molar-refractivity contribution >= 4 is 5.69 Å². The molecule has 0 radical (unpaired) electrons. The van der Waals surface area contributed by atoms with Gasteiger partial charge in [-0.25, -0.2) is 0 Å². The molecule has 3 heteroatoms. The maximum absolute atomic E-state index is 6.25. The number of hydrogen-bond donors (Lipinski definition) is 1. The van der Waals surface area contributed by atoms with Crippen LogP contribution in [0.3, 0.4) is 0 Å². The van der Waals surface area contributed by atoms with E-state index in [-0.39, 0.29) is 6.04 Å². The third kappa shape index (κ3) is 3.24. The number of nitrogens with zero attached hydrogens (tertiary/aromatic N) is 1. The Balaban J connectivity index is 1.91. The lowest BCUT2D eigenvalue weighted by atomic mass is 9.99. The molecule has 0 spiro atoms. The van der Waals surface area contributed by atoms with Gasteiger partial charge in [0.15, 0.2) is 0 Å². The van der Waals surface area contributed by atoms with Crippen molar-refractivity contribution in [3.63, 3.8) is 0 Å². The van der Waals surface area contributed by atoms with Crippen molar-refractivity contribution in [1.82, 2.24) is 0 Å². The molecule has 100 valence electrons. The van der Waals surface area contributed by atoms with Crippen LogP contribution in [0.2, 0.25) is 0 Å². The molecular weight excluding hydrogens is 224 g/mol. The molecule has 1 aromatic rings. The molecule has 2 unspecified atom stereocenters. The van der Waals surface area contributed by atoms with E-state index in [0.717, 1.165) is 32.6 Å². The van der Waals surface area contributed by atoms with E-state index >= 15 is 0 Å². The minimum atomic E-state index is 0.198. The lowest BCUT2D eigenvalue weighted by Gasteiger charge is -2.26. The molecule has 0 bridgehead atoms. The second-order valence-corrected chi connectivity index (χ2v) is 5.19. The SMILES string of the molecule is CCc1ccc(N(C)CC(N)C2CCOC2)cc1. The first kappa shape index (κ1) is 13.4. The van der Waals surface area contributed by atoms with Crippen LogP contribution >= 0.6 is 0 Å². The maximum atomic E-state index is 6.25. The first-order valence-electron chi connectivity index (χ1n) is 6.84. The van der Waals surface area contributed by atoms with Crippen LogP contribution in [0.25, 0.3) is 0 Å². The molecular formula is C15H24N2O. The fourth-order valence-electron chi connectivity index (χ4n) is 2.45. The lowest BCUT2D eigenvalue weighted by Crippen LogP contribution is -2.41. The van der Waals surface area contributed by atoms with Crippen LogP contribution in [0.4, 0.5) is 5.69 Å². The first-order chi connectivity index (χ1) is 8.70. The summed E-state index contributed by atoms with van der Waals surface area (Å²) in [6.45, 7) is 4.76. The number of aryl methyl sites for hydroxylation is 1. The fourth-order valence-corrected chi connectivity index (χ4v) is 2.45. The predicted octanol–water partition coefficient (Wildman–Crippen LogP) is 2.05. The summed E-state index contributed by atoms with van der Waals surface area (Å²) in [4.78, 5) is 2.24. The Kier molecular flexibility index (Phi) is 4.61. The largest absolute Gasteiger partial charge is 0.381 e. The molecule has 1 aromatic carbocycles. The summed E-state index contributed by atoms with van der Waals surface area (Å²) in [5.74, 6) is 0.516. The highest BCUT2D eigenvalue weighted by Crippen LogP contribution is 2.19. The molecule has 1 fully saturated rings. The van der Waals surface area contributed by atoms with Gasteiger partial charge < -0.3 is 15.4 Å². The Morgan fingerprint density at radius 1 is 1.39 bits per heavy atom. The fraction of sp³-hybridized carbons (Fsp3) is 0.600. The topological polar surface area (TPSA) is 38.5 Å². The molecule has 18 heavy (non-hydrogen) atoms. The third-order valence-electron chi connectivity index (χ3n) is 3.84. The van der Waals surface area contributed by atoms with E-state index < -0.39 is 0 Å². The molecule has 3 nitrogen and oxygen atoms in total. The quantitative estimate of drug-likeness (QED) is 0.866. The zero-order chi connectivity index (χ0) is 13.0. The predicted molar refractivity (Wildman–Crippen MR) is 76.0 cm³/mol. The van der Waals surface area contributed by atoms with Gasteiger partial charge in [0, 0.05) is 37.8 Å². The second-order valence-electron chi connectivity index (χ2n) is 5.19. The van der Waals surface area contributed by atoms with Gasteiger partial charge in [0.1, 0.15) is 0 Å². The van der Waals surface area contributed by atoms with Crippen LogP contribution in [0, 0.1) is 5.92 Å². The van der Waals surface area contributed by atoms with Gasteiger partial charge in [0.05, 0.1) is 6.61 Å². The Labute approximate surface area is 110 Å². The van der Waals surface area contributed by atoms with Crippen molar-refractivity contribution in [1.29, 1.82) is 0 Å². The van der Waals surface area contributed by atoms with Crippen molar-refractivity contribution < 1.29 is 4.74 Å². The van der Waals surface area contributed by atoms with Crippen molar-refractivity contribution in [2.45, 2.75) is 25.8 Å². The zero-order valence-electron chi connectivity index (χ0n) is 11.4. The summed E-state index contributed by atoms with van der Waals surface area (Å²) < 4.78 is 5.40. The van der Waals surface area contributed by atoms with Gasteiger partial charge in [-0.3, -0.25) is 0 Å². The number of rotatable bonds is 5. The van der Waals surface area contributed by atoms with Gasteiger partial charge in [-0.15, -0.1) is 0 Å². The number of ether oxygens (including phenoxy) is 1. The summed E-state index contributed by atoms with van der Waals surface area (Å²) in [5, 5.41) is 0. The number of anilines is 1. The standard InChI is InChI=1S/C15H24N2O/c1-3-12-4-6-14(7-5-12)17(2)10-15(16)13-8-9-18-11-13/h4-7,13,15H,3,8-11,16H2,1-2H3. The zero-order valence-corrected chi connectivity index (χ0v) is 11.4. The Bertz CT molecular complexity index is 357. The minimum absolute atomic E-state index is 0.198. The van der Waals surface area contributed by atoms with Gasteiger partial charge in [-0.05, 0) is 30.5 Å². The van der Waals surface area contributed by atoms with E-state index in [1.165, 1.54) is 11.3 Å². The molecule has 2 atom stereocenters. The third-order valence-corrected chi connectivity index (χ3v) is 3.84. The normalized spacial score (nSPS) is 20.9. The highest BCUT2D eigenvalue weighted by atomic mass is 16.5. The molecule has 0 saturated carbocycles. The van der Waals surface area contributed by atoms with Crippen molar-refractivity contribution in [2.24, 2.45) is 11.7 Å². The summed E-state index contributed by atoms with van der Waals surface area (Å²) in [6, 6.07) is 8.93. The Morgan fingerprint density at radius 2 is 2.11 bits per heavy atom. The van der Waals surface area contributed by atoms with Crippen LogP contribution < -0.4 is 10.6 Å². The monoisotopic (exact) mass is 248 g/mol. The van der Waals surface area contributed by atoms with E-state index in [1.54, 1.807) is 0 Å². The highest BCUT2D eigenvalue weighted by molar-refractivity contribution is 5.47. The van der Waals surface area contributed by atoms with Crippen LogP contribution in [0.1, 0.15) is 18.9 Å². The molecule has 1 heterocycles. The molecule has 2 rings (SSSR count). The molecule has 0 aliphatic carbocycles.